The second-order valence-corrected chi connectivity index (χ2v) is 7.92. The highest BCUT2D eigenvalue weighted by Gasteiger charge is 2.19. The summed E-state index contributed by atoms with van der Waals surface area (Å²) in [5.41, 5.74) is 2.85. The van der Waals surface area contributed by atoms with Gasteiger partial charge in [-0.25, -0.2) is 8.42 Å². The highest BCUT2D eigenvalue weighted by Crippen LogP contribution is 2.19. The summed E-state index contributed by atoms with van der Waals surface area (Å²) < 4.78 is 25.3. The number of hydrogen-bond acceptors (Lipinski definition) is 4. The number of rotatable bonds is 7. The van der Waals surface area contributed by atoms with Gasteiger partial charge in [-0.1, -0.05) is 35.9 Å². The number of benzene rings is 2. The highest BCUT2D eigenvalue weighted by molar-refractivity contribution is 7.92. The van der Waals surface area contributed by atoms with Crippen molar-refractivity contribution in [1.29, 1.82) is 5.26 Å². The lowest BCUT2D eigenvalue weighted by atomic mass is 10.1. The highest BCUT2D eigenvalue weighted by atomic mass is 32.2. The Morgan fingerprint density at radius 2 is 1.88 bits per heavy atom. The zero-order valence-electron chi connectivity index (χ0n) is 14.8. The molecule has 2 aromatic rings. The fourth-order valence-corrected chi connectivity index (χ4v) is 3.33. The van der Waals surface area contributed by atoms with Gasteiger partial charge in [-0.15, -0.1) is 0 Å². The molecule has 0 spiro atoms. The minimum atomic E-state index is -3.57. The van der Waals surface area contributed by atoms with Crippen molar-refractivity contribution in [3.63, 3.8) is 0 Å². The van der Waals surface area contributed by atoms with E-state index in [2.05, 4.69) is 5.32 Å². The van der Waals surface area contributed by atoms with Crippen molar-refractivity contribution in [2.75, 3.05) is 17.1 Å². The first-order valence-corrected chi connectivity index (χ1v) is 9.94. The van der Waals surface area contributed by atoms with E-state index < -0.39 is 10.0 Å². The molecule has 136 valence electrons. The second kappa shape index (κ2) is 8.50. The molecule has 0 heterocycles. The van der Waals surface area contributed by atoms with Gasteiger partial charge in [0.15, 0.2) is 0 Å². The fourth-order valence-electron chi connectivity index (χ4n) is 2.42. The van der Waals surface area contributed by atoms with E-state index in [0.717, 1.165) is 21.7 Å². The Morgan fingerprint density at radius 3 is 2.50 bits per heavy atom. The molecule has 7 heteroatoms. The van der Waals surface area contributed by atoms with E-state index in [1.807, 2.05) is 37.3 Å². The fraction of sp³-hybridized carbons (Fsp3) is 0.263. The topological polar surface area (TPSA) is 90.3 Å². The quantitative estimate of drug-likeness (QED) is 0.809. The molecule has 0 atom stereocenters. The summed E-state index contributed by atoms with van der Waals surface area (Å²) >= 11 is 0. The van der Waals surface area contributed by atoms with Gasteiger partial charge >= 0.3 is 0 Å². The summed E-state index contributed by atoms with van der Waals surface area (Å²) in [5.74, 6) is -0.240. The van der Waals surface area contributed by atoms with Crippen LogP contribution < -0.4 is 9.62 Å². The molecule has 1 amide bonds. The number of carbonyl (C=O) groups is 1. The Bertz CT molecular complexity index is 916. The Labute approximate surface area is 154 Å². The number of amides is 1. The second-order valence-electron chi connectivity index (χ2n) is 6.01. The molecule has 2 rings (SSSR count). The first-order valence-electron chi connectivity index (χ1n) is 8.10. The Morgan fingerprint density at radius 1 is 1.19 bits per heavy atom. The van der Waals surface area contributed by atoms with E-state index in [0.29, 0.717) is 17.8 Å². The van der Waals surface area contributed by atoms with E-state index in [4.69, 9.17) is 5.26 Å². The number of nitriles is 1. The molecule has 0 saturated heterocycles. The summed E-state index contributed by atoms with van der Waals surface area (Å²) in [6, 6.07) is 16.1. The van der Waals surface area contributed by atoms with Crippen molar-refractivity contribution in [1.82, 2.24) is 5.32 Å². The van der Waals surface area contributed by atoms with Crippen LogP contribution in [0.1, 0.15) is 23.1 Å². The minimum absolute atomic E-state index is 0.00739. The third kappa shape index (κ3) is 5.60. The van der Waals surface area contributed by atoms with Crippen molar-refractivity contribution >= 4 is 21.6 Å². The lowest BCUT2D eigenvalue weighted by Crippen LogP contribution is -2.34. The third-order valence-corrected chi connectivity index (χ3v) is 5.01. The molecule has 6 nitrogen and oxygen atoms in total. The average molecular weight is 371 g/mol. The standard InChI is InChI=1S/C19H21N3O3S/c1-15-6-8-16(9-7-15)14-21-19(23)10-11-22(26(2,24)25)18-5-3-4-17(12-18)13-20/h3-9,12H,10-11,14H2,1-2H3,(H,21,23). The van der Waals surface area contributed by atoms with Gasteiger partial charge in [-0.2, -0.15) is 5.26 Å². The molecular formula is C19H21N3O3S. The number of nitrogens with one attached hydrogen (secondary N) is 1. The molecular weight excluding hydrogens is 350 g/mol. The van der Waals surface area contributed by atoms with Gasteiger partial charge in [0.2, 0.25) is 15.9 Å². The van der Waals surface area contributed by atoms with Crippen LogP contribution in [0.3, 0.4) is 0 Å². The molecule has 0 fully saturated rings. The summed E-state index contributed by atoms with van der Waals surface area (Å²) in [5, 5.41) is 11.8. The predicted molar refractivity (Wildman–Crippen MR) is 101 cm³/mol. The maximum atomic E-state index is 12.1. The van der Waals surface area contributed by atoms with Gasteiger partial charge in [0.1, 0.15) is 0 Å². The molecule has 0 unspecified atom stereocenters. The average Bonchev–Trinajstić information content (AvgIpc) is 2.60. The summed E-state index contributed by atoms with van der Waals surface area (Å²) in [7, 11) is -3.57. The van der Waals surface area contributed by atoms with Gasteiger partial charge in [0, 0.05) is 19.5 Å². The van der Waals surface area contributed by atoms with Gasteiger partial charge in [-0.05, 0) is 30.7 Å². The largest absolute Gasteiger partial charge is 0.352 e. The maximum Gasteiger partial charge on any atom is 0.232 e. The van der Waals surface area contributed by atoms with Crippen LogP contribution >= 0.6 is 0 Å². The molecule has 0 aliphatic carbocycles. The van der Waals surface area contributed by atoms with Gasteiger partial charge < -0.3 is 5.32 Å². The van der Waals surface area contributed by atoms with Crippen LogP contribution in [0.15, 0.2) is 48.5 Å². The zero-order chi connectivity index (χ0) is 19.2. The SMILES string of the molecule is Cc1ccc(CNC(=O)CCN(c2cccc(C#N)c2)S(C)(=O)=O)cc1. The van der Waals surface area contributed by atoms with Crippen molar-refractivity contribution in [3.8, 4) is 6.07 Å². The van der Waals surface area contributed by atoms with Crippen LogP contribution in [0.2, 0.25) is 0 Å². The van der Waals surface area contributed by atoms with Crippen molar-refractivity contribution in [2.45, 2.75) is 19.9 Å². The van der Waals surface area contributed by atoms with E-state index >= 15 is 0 Å². The monoisotopic (exact) mass is 371 g/mol. The smallest absolute Gasteiger partial charge is 0.232 e. The number of anilines is 1. The Balaban J connectivity index is 1.99. The molecule has 0 aromatic heterocycles. The summed E-state index contributed by atoms with van der Waals surface area (Å²) in [6.07, 6.45) is 1.10. The first kappa shape index (κ1) is 19.5. The van der Waals surface area contributed by atoms with Gasteiger partial charge in [0.05, 0.1) is 23.6 Å². The van der Waals surface area contributed by atoms with Crippen LogP contribution in [0.5, 0.6) is 0 Å². The molecule has 0 aliphatic heterocycles. The lowest BCUT2D eigenvalue weighted by molar-refractivity contribution is -0.121. The van der Waals surface area contributed by atoms with Crippen LogP contribution in [0.4, 0.5) is 5.69 Å². The minimum Gasteiger partial charge on any atom is -0.352 e. The van der Waals surface area contributed by atoms with Crippen LogP contribution in [-0.2, 0) is 21.4 Å². The predicted octanol–water partition coefficient (Wildman–Crippen LogP) is 2.34. The number of aryl methyl sites for hydroxylation is 1. The number of hydrogen-bond donors (Lipinski definition) is 1. The molecule has 1 N–H and O–H groups in total. The third-order valence-electron chi connectivity index (χ3n) is 3.82. The van der Waals surface area contributed by atoms with Crippen LogP contribution in [0, 0.1) is 18.3 Å². The van der Waals surface area contributed by atoms with Crippen molar-refractivity contribution < 1.29 is 13.2 Å². The Kier molecular flexibility index (Phi) is 6.36. The summed E-state index contributed by atoms with van der Waals surface area (Å²) in [4.78, 5) is 12.1. The molecule has 26 heavy (non-hydrogen) atoms. The van der Waals surface area contributed by atoms with E-state index in [1.165, 1.54) is 6.07 Å². The Hall–Kier alpha value is -2.85. The van der Waals surface area contributed by atoms with Crippen LogP contribution in [0.25, 0.3) is 0 Å². The lowest BCUT2D eigenvalue weighted by Gasteiger charge is -2.22. The number of nitrogens with zero attached hydrogens (tertiary/aromatic N) is 2. The summed E-state index contributed by atoms with van der Waals surface area (Å²) in [6.45, 7) is 2.39. The van der Waals surface area contributed by atoms with E-state index in [-0.39, 0.29) is 18.9 Å². The van der Waals surface area contributed by atoms with E-state index in [1.54, 1.807) is 18.2 Å². The number of carbonyl (C=O) groups excluding carboxylic acids is 1. The van der Waals surface area contributed by atoms with Gasteiger partial charge in [0.25, 0.3) is 0 Å². The number of sulfonamides is 1. The molecule has 0 saturated carbocycles. The zero-order valence-corrected chi connectivity index (χ0v) is 15.6. The molecule has 0 aliphatic rings. The maximum absolute atomic E-state index is 12.1. The molecule has 0 radical (unpaired) electrons. The van der Waals surface area contributed by atoms with Crippen molar-refractivity contribution in [2.24, 2.45) is 0 Å². The van der Waals surface area contributed by atoms with Crippen LogP contribution in [-0.4, -0.2) is 27.1 Å². The van der Waals surface area contributed by atoms with Crippen molar-refractivity contribution in [3.05, 3.63) is 65.2 Å². The molecule has 0 bridgehead atoms. The molecule has 2 aromatic carbocycles. The van der Waals surface area contributed by atoms with Gasteiger partial charge in [-0.3, -0.25) is 9.10 Å². The normalized spacial score (nSPS) is 10.8. The first-order chi connectivity index (χ1) is 12.3. The van der Waals surface area contributed by atoms with E-state index in [9.17, 15) is 13.2 Å².